The molecule has 2 heterocycles. The van der Waals surface area contributed by atoms with Gasteiger partial charge in [0.1, 0.15) is 17.7 Å². The Morgan fingerprint density at radius 2 is 1.71 bits per heavy atom. The average molecular weight is 635 g/mol. The van der Waals surface area contributed by atoms with E-state index >= 15 is 4.39 Å². The van der Waals surface area contributed by atoms with Gasteiger partial charge in [0, 0.05) is 61.7 Å². The van der Waals surface area contributed by atoms with Crippen molar-refractivity contribution in [3.63, 3.8) is 0 Å². The standard InChI is InChI=1S/C30H38ClF2N3O3.2ClH/c1-18-6-7-20(25(32)12-18)13-27(29(38)39)34-10-11-36(19(2)15-34)28(37)24-17-35(30(3,4)5)16-23(24)22-9-8-21(31)14-26(22)33;;/h6-9,12,14,19,23-24,27H,10-11,13,15-17H2,1-5H3,(H,38,39);2*1H/t19-,23-,24+,27-;;/m0../s1. The number of benzene rings is 2. The maximum Gasteiger partial charge on any atom is 0.321 e. The molecule has 0 unspecified atom stereocenters. The van der Waals surface area contributed by atoms with E-state index in [1.165, 1.54) is 12.1 Å². The van der Waals surface area contributed by atoms with Crippen LogP contribution in [0.5, 0.6) is 0 Å². The number of likely N-dealkylation sites (tertiary alicyclic amines) is 1. The molecule has 1 N–H and O–H groups in total. The number of carboxylic acids is 1. The van der Waals surface area contributed by atoms with E-state index in [9.17, 15) is 19.1 Å². The number of carbonyl (C=O) groups is 2. The van der Waals surface area contributed by atoms with Crippen LogP contribution >= 0.6 is 36.4 Å². The van der Waals surface area contributed by atoms with Gasteiger partial charge in [-0.25, -0.2) is 8.78 Å². The van der Waals surface area contributed by atoms with Crippen LogP contribution in [0.4, 0.5) is 8.78 Å². The highest BCUT2D eigenvalue weighted by molar-refractivity contribution is 6.30. The number of carboxylic acid groups (broad SMARTS) is 1. The summed E-state index contributed by atoms with van der Waals surface area (Å²) < 4.78 is 29.5. The van der Waals surface area contributed by atoms with Crippen LogP contribution in [-0.4, -0.2) is 82.0 Å². The van der Waals surface area contributed by atoms with Gasteiger partial charge in [-0.1, -0.05) is 29.8 Å². The van der Waals surface area contributed by atoms with E-state index in [1.807, 2.05) is 11.8 Å². The van der Waals surface area contributed by atoms with Gasteiger partial charge in [-0.15, -0.1) is 24.8 Å². The highest BCUT2D eigenvalue weighted by atomic mass is 35.5. The number of halogens is 5. The molecule has 2 aromatic rings. The summed E-state index contributed by atoms with van der Waals surface area (Å²) in [6.45, 7) is 12.1. The van der Waals surface area contributed by atoms with E-state index in [0.29, 0.717) is 48.9 Å². The summed E-state index contributed by atoms with van der Waals surface area (Å²) in [5.74, 6) is -2.65. The highest BCUT2D eigenvalue weighted by Crippen LogP contribution is 2.39. The van der Waals surface area contributed by atoms with Crippen LogP contribution < -0.4 is 0 Å². The van der Waals surface area contributed by atoms with Gasteiger partial charge in [0.25, 0.3) is 0 Å². The zero-order chi connectivity index (χ0) is 28.6. The fourth-order valence-electron chi connectivity index (χ4n) is 5.93. The minimum atomic E-state index is -1.02. The van der Waals surface area contributed by atoms with Crippen molar-refractivity contribution >= 4 is 48.3 Å². The molecule has 2 aromatic carbocycles. The number of nitrogens with zero attached hydrogens (tertiary/aromatic N) is 3. The van der Waals surface area contributed by atoms with Gasteiger partial charge in [0.15, 0.2) is 0 Å². The van der Waals surface area contributed by atoms with E-state index in [1.54, 1.807) is 36.1 Å². The second-order valence-electron chi connectivity index (χ2n) is 12.0. The molecule has 2 aliphatic heterocycles. The lowest BCUT2D eigenvalue weighted by Gasteiger charge is -2.43. The second-order valence-corrected chi connectivity index (χ2v) is 12.4. The van der Waals surface area contributed by atoms with Crippen molar-refractivity contribution in [1.82, 2.24) is 14.7 Å². The Labute approximate surface area is 258 Å². The lowest BCUT2D eigenvalue weighted by atomic mass is 9.87. The van der Waals surface area contributed by atoms with E-state index in [0.717, 1.165) is 5.56 Å². The topological polar surface area (TPSA) is 64.1 Å². The van der Waals surface area contributed by atoms with Crippen molar-refractivity contribution in [3.8, 4) is 0 Å². The third-order valence-electron chi connectivity index (χ3n) is 8.24. The maximum absolute atomic E-state index is 15.0. The Kier molecular flexibility index (Phi) is 12.0. The molecule has 4 atom stereocenters. The lowest BCUT2D eigenvalue weighted by Crippen LogP contribution is -2.59. The molecular weight excluding hydrogens is 595 g/mol. The molecule has 1 amide bonds. The minimum absolute atomic E-state index is 0. The number of rotatable bonds is 6. The van der Waals surface area contributed by atoms with Crippen molar-refractivity contribution in [2.75, 3.05) is 32.7 Å². The number of hydrogen-bond donors (Lipinski definition) is 1. The molecule has 0 aliphatic carbocycles. The van der Waals surface area contributed by atoms with Crippen LogP contribution in [0.25, 0.3) is 0 Å². The monoisotopic (exact) mass is 633 g/mol. The predicted molar refractivity (Wildman–Crippen MR) is 162 cm³/mol. The molecule has 2 saturated heterocycles. The van der Waals surface area contributed by atoms with Gasteiger partial charge in [-0.3, -0.25) is 19.4 Å². The van der Waals surface area contributed by atoms with Gasteiger partial charge in [-0.2, -0.15) is 0 Å². The molecule has 0 bridgehead atoms. The largest absolute Gasteiger partial charge is 0.480 e. The molecule has 0 saturated carbocycles. The lowest BCUT2D eigenvalue weighted by molar-refractivity contribution is -0.147. The van der Waals surface area contributed by atoms with Crippen LogP contribution in [0.2, 0.25) is 5.02 Å². The Hall–Kier alpha value is -1.97. The summed E-state index contributed by atoms with van der Waals surface area (Å²) in [5.41, 5.74) is 1.43. The second kappa shape index (κ2) is 14.0. The summed E-state index contributed by atoms with van der Waals surface area (Å²) in [6, 6.07) is 8.30. The molecular formula is C30H40Cl3F2N3O3. The first-order chi connectivity index (χ1) is 18.3. The number of piperazine rings is 1. The van der Waals surface area contributed by atoms with Crippen molar-refractivity contribution in [3.05, 3.63) is 69.7 Å². The van der Waals surface area contributed by atoms with E-state index < -0.39 is 29.6 Å². The van der Waals surface area contributed by atoms with E-state index in [2.05, 4.69) is 25.7 Å². The number of carbonyl (C=O) groups excluding carboxylic acids is 1. The highest BCUT2D eigenvalue weighted by Gasteiger charge is 2.46. The van der Waals surface area contributed by atoms with Crippen LogP contribution in [0, 0.1) is 24.5 Å². The summed E-state index contributed by atoms with van der Waals surface area (Å²) >= 11 is 6.00. The molecule has 11 heteroatoms. The van der Waals surface area contributed by atoms with Gasteiger partial charge in [-0.05, 0) is 69.5 Å². The van der Waals surface area contributed by atoms with Gasteiger partial charge in [0.05, 0.1) is 5.92 Å². The zero-order valence-corrected chi connectivity index (χ0v) is 26.5. The Bertz CT molecular complexity index is 1240. The number of amides is 1. The fourth-order valence-corrected chi connectivity index (χ4v) is 6.09. The molecule has 2 aliphatic rings. The van der Waals surface area contributed by atoms with Crippen molar-refractivity contribution < 1.29 is 23.5 Å². The summed E-state index contributed by atoms with van der Waals surface area (Å²) in [6.07, 6.45) is 0.0448. The maximum atomic E-state index is 15.0. The zero-order valence-electron chi connectivity index (χ0n) is 24.1. The SMILES string of the molecule is Cc1ccc(C[C@@H](C(=O)O)N2CCN(C(=O)[C@@H]3CN(C(C)(C)C)C[C@H]3c3ccc(Cl)cc3F)[C@@H](C)C2)c(F)c1.Cl.Cl. The molecule has 4 rings (SSSR count). The van der Waals surface area contributed by atoms with E-state index in [-0.39, 0.29) is 54.6 Å². The molecule has 228 valence electrons. The molecule has 0 aromatic heterocycles. The van der Waals surface area contributed by atoms with Gasteiger partial charge in [0.2, 0.25) is 5.91 Å². The van der Waals surface area contributed by atoms with Gasteiger partial charge >= 0.3 is 5.97 Å². The number of aliphatic carboxylic acids is 1. The number of aryl methyl sites for hydroxylation is 1. The third kappa shape index (κ3) is 7.90. The number of hydrogen-bond acceptors (Lipinski definition) is 4. The molecule has 0 spiro atoms. The summed E-state index contributed by atoms with van der Waals surface area (Å²) in [5, 5.41) is 10.3. The van der Waals surface area contributed by atoms with Crippen molar-refractivity contribution in [2.24, 2.45) is 5.92 Å². The summed E-state index contributed by atoms with van der Waals surface area (Å²) in [7, 11) is 0. The van der Waals surface area contributed by atoms with Gasteiger partial charge < -0.3 is 10.0 Å². The molecule has 6 nitrogen and oxygen atoms in total. The first-order valence-electron chi connectivity index (χ1n) is 13.5. The first-order valence-corrected chi connectivity index (χ1v) is 13.9. The molecule has 2 fully saturated rings. The average Bonchev–Trinajstić information content (AvgIpc) is 3.29. The third-order valence-corrected chi connectivity index (χ3v) is 8.47. The Balaban J connectivity index is 0.00000294. The van der Waals surface area contributed by atoms with Crippen molar-refractivity contribution in [2.45, 2.75) is 64.6 Å². The summed E-state index contributed by atoms with van der Waals surface area (Å²) in [4.78, 5) is 32.0. The normalized spacial score (nSPS) is 22.5. The van der Waals surface area contributed by atoms with E-state index in [4.69, 9.17) is 11.6 Å². The predicted octanol–water partition coefficient (Wildman–Crippen LogP) is 5.81. The first kappa shape index (κ1) is 35.2. The Morgan fingerprint density at radius 3 is 2.27 bits per heavy atom. The van der Waals surface area contributed by atoms with Crippen LogP contribution in [0.3, 0.4) is 0 Å². The minimum Gasteiger partial charge on any atom is -0.480 e. The quantitative estimate of drug-likeness (QED) is 0.435. The van der Waals surface area contributed by atoms with Crippen LogP contribution in [0.15, 0.2) is 36.4 Å². The van der Waals surface area contributed by atoms with Crippen LogP contribution in [0.1, 0.15) is 50.3 Å². The fraction of sp³-hybridized carbons (Fsp3) is 0.533. The van der Waals surface area contributed by atoms with Crippen LogP contribution in [-0.2, 0) is 16.0 Å². The smallest absolute Gasteiger partial charge is 0.321 e. The Morgan fingerprint density at radius 1 is 1.02 bits per heavy atom. The molecule has 41 heavy (non-hydrogen) atoms. The molecule has 0 radical (unpaired) electrons. The van der Waals surface area contributed by atoms with Crippen molar-refractivity contribution in [1.29, 1.82) is 0 Å².